The van der Waals surface area contributed by atoms with Gasteiger partial charge in [-0.2, -0.15) is 0 Å². The Bertz CT molecular complexity index is 1410. The van der Waals surface area contributed by atoms with Gasteiger partial charge in [-0.25, -0.2) is 0 Å². The van der Waals surface area contributed by atoms with Gasteiger partial charge >= 0.3 is 0 Å². The minimum absolute atomic E-state index is 0.328. The molecule has 6 rings (SSSR count). The predicted molar refractivity (Wildman–Crippen MR) is 174 cm³/mol. The van der Waals surface area contributed by atoms with E-state index >= 15 is 0 Å². The molecule has 0 amide bonds. The number of rotatable bonds is 7. The van der Waals surface area contributed by atoms with Gasteiger partial charge in [0.2, 0.25) is 0 Å². The van der Waals surface area contributed by atoms with Crippen molar-refractivity contribution in [2.45, 2.75) is 64.5 Å². The molecule has 8 heteroatoms. The van der Waals surface area contributed by atoms with Crippen LogP contribution in [0.3, 0.4) is 0 Å². The van der Waals surface area contributed by atoms with Crippen molar-refractivity contribution in [2.75, 3.05) is 36.3 Å². The van der Waals surface area contributed by atoms with Crippen LogP contribution in [0.2, 0.25) is 0 Å². The van der Waals surface area contributed by atoms with Crippen molar-refractivity contribution < 1.29 is 8.74 Å². The van der Waals surface area contributed by atoms with Crippen LogP contribution in [0.15, 0.2) is 102 Å². The standard InChI is InChI=1S/C32H36N2O2S4/c1-5-33-27-19-25(39-36-3)11-13-29(27)37-31(33)17-21-7-9-23-10-8-22(16-24(23)15-21)18-32-34(6-2)28-20-26(40(4)35)12-14-30(28)38-32/h11-20,23,31H,5-10H2,1-4H3/b21-17+,32-18-. The van der Waals surface area contributed by atoms with E-state index in [2.05, 4.69) is 78.3 Å². The van der Waals surface area contributed by atoms with Gasteiger partial charge in [0.1, 0.15) is 6.26 Å². The molecule has 2 aromatic rings. The van der Waals surface area contributed by atoms with Gasteiger partial charge in [-0.3, -0.25) is 0 Å². The van der Waals surface area contributed by atoms with E-state index in [0.717, 1.165) is 35.7 Å². The van der Waals surface area contributed by atoms with Crippen molar-refractivity contribution in [3.05, 3.63) is 82.5 Å². The summed E-state index contributed by atoms with van der Waals surface area (Å²) in [6, 6.07) is 12.9. The van der Waals surface area contributed by atoms with Gasteiger partial charge in [0.25, 0.3) is 0 Å². The van der Waals surface area contributed by atoms with Crippen LogP contribution in [0, 0.1) is 5.92 Å². The number of allylic oxidation sites excluding steroid dienone is 6. The number of nitrogens with zero attached hydrogens (tertiary/aromatic N) is 2. The summed E-state index contributed by atoms with van der Waals surface area (Å²) in [6.45, 7) is 6.33. The number of hydrogen-bond donors (Lipinski definition) is 0. The third-order valence-corrected chi connectivity index (χ3v) is 11.9. The lowest BCUT2D eigenvalue weighted by Gasteiger charge is -2.30. The van der Waals surface area contributed by atoms with Crippen molar-refractivity contribution in [3.63, 3.8) is 0 Å². The minimum Gasteiger partial charge on any atom is -0.612 e. The molecule has 4 nitrogen and oxygen atoms in total. The maximum Gasteiger partial charge on any atom is 0.154 e. The maximum atomic E-state index is 12.1. The first-order valence-electron chi connectivity index (χ1n) is 14.0. The average molecular weight is 609 g/mol. The van der Waals surface area contributed by atoms with E-state index < -0.39 is 11.2 Å². The van der Waals surface area contributed by atoms with E-state index in [4.69, 9.17) is 4.18 Å². The Labute approximate surface area is 254 Å². The first kappa shape index (κ1) is 28.4. The molecular formula is C32H36N2O2S4. The summed E-state index contributed by atoms with van der Waals surface area (Å²) in [5.74, 6) is 0.668. The molecule has 0 bridgehead atoms. The summed E-state index contributed by atoms with van der Waals surface area (Å²) in [7, 11) is 1.72. The number of thioether (sulfide) groups is 2. The summed E-state index contributed by atoms with van der Waals surface area (Å²) in [4.78, 5) is 9.53. The van der Waals surface area contributed by atoms with E-state index in [9.17, 15) is 4.55 Å². The lowest BCUT2D eigenvalue weighted by Crippen LogP contribution is -2.27. The van der Waals surface area contributed by atoms with Crippen molar-refractivity contribution in [1.82, 2.24) is 0 Å². The molecule has 4 aliphatic rings. The number of fused-ring (bicyclic) bond motifs is 3. The molecule has 2 aliphatic carbocycles. The molecule has 2 aliphatic heterocycles. The van der Waals surface area contributed by atoms with E-state index in [0.29, 0.717) is 11.3 Å². The molecule has 3 atom stereocenters. The van der Waals surface area contributed by atoms with Crippen molar-refractivity contribution in [1.29, 1.82) is 0 Å². The second-order valence-electron chi connectivity index (χ2n) is 10.5. The highest BCUT2D eigenvalue weighted by Crippen LogP contribution is 2.49. The maximum absolute atomic E-state index is 12.1. The Balaban J connectivity index is 1.24. The van der Waals surface area contributed by atoms with Crippen molar-refractivity contribution in [3.8, 4) is 0 Å². The largest absolute Gasteiger partial charge is 0.612 e. The lowest BCUT2D eigenvalue weighted by molar-refractivity contribution is 0.490. The number of anilines is 2. The number of hydrogen-bond acceptors (Lipinski definition) is 7. The highest BCUT2D eigenvalue weighted by Gasteiger charge is 2.30. The van der Waals surface area contributed by atoms with E-state index in [1.807, 2.05) is 29.6 Å². The van der Waals surface area contributed by atoms with Crippen LogP contribution < -0.4 is 9.80 Å². The van der Waals surface area contributed by atoms with Gasteiger partial charge in [0.05, 0.1) is 28.9 Å². The third-order valence-electron chi connectivity index (χ3n) is 8.07. The van der Waals surface area contributed by atoms with Crippen LogP contribution in [-0.4, -0.2) is 36.4 Å². The first-order valence-corrected chi connectivity index (χ1v) is 18.0. The molecule has 0 saturated heterocycles. The van der Waals surface area contributed by atoms with E-state index in [-0.39, 0.29) is 0 Å². The summed E-state index contributed by atoms with van der Waals surface area (Å²) in [5.41, 5.74) is 6.87. The van der Waals surface area contributed by atoms with Gasteiger partial charge in [-0.05, 0) is 116 Å². The zero-order valence-corrected chi connectivity index (χ0v) is 26.8. The van der Waals surface area contributed by atoms with E-state index in [1.165, 1.54) is 67.8 Å². The van der Waals surface area contributed by atoms with Gasteiger partial charge < -0.3 is 18.5 Å². The zero-order valence-electron chi connectivity index (χ0n) is 23.5. The molecule has 0 spiro atoms. The van der Waals surface area contributed by atoms with Crippen LogP contribution in [0.25, 0.3) is 0 Å². The van der Waals surface area contributed by atoms with Gasteiger partial charge in [-0.1, -0.05) is 35.7 Å². The fourth-order valence-corrected chi connectivity index (χ4v) is 9.60. The van der Waals surface area contributed by atoms with Crippen molar-refractivity contribution >= 4 is 58.1 Å². The second kappa shape index (κ2) is 12.3. The van der Waals surface area contributed by atoms with Crippen molar-refractivity contribution in [2.24, 2.45) is 5.92 Å². The lowest BCUT2D eigenvalue weighted by atomic mass is 9.77. The van der Waals surface area contributed by atoms with Crippen LogP contribution >= 0.6 is 35.6 Å². The van der Waals surface area contributed by atoms with Crippen LogP contribution in [0.4, 0.5) is 11.4 Å². The smallest absolute Gasteiger partial charge is 0.154 e. The number of likely N-dealkylation sites (N-methyl/N-ethyl adjacent to an activating group) is 1. The molecule has 0 radical (unpaired) electrons. The zero-order chi connectivity index (χ0) is 27.8. The Morgan fingerprint density at radius 1 is 1.05 bits per heavy atom. The van der Waals surface area contributed by atoms with E-state index in [1.54, 1.807) is 13.4 Å². The van der Waals surface area contributed by atoms with Crippen LogP contribution in [0.1, 0.15) is 39.5 Å². The van der Waals surface area contributed by atoms with Gasteiger partial charge in [0.15, 0.2) is 4.90 Å². The normalized spacial score (nSPS) is 24.6. The van der Waals surface area contributed by atoms with Crippen LogP contribution in [-0.2, 0) is 15.4 Å². The molecule has 0 N–H and O–H groups in total. The predicted octanol–water partition coefficient (Wildman–Crippen LogP) is 8.79. The quantitative estimate of drug-likeness (QED) is 0.230. The number of benzene rings is 2. The fraction of sp³-hybridized carbons (Fsp3) is 0.375. The Morgan fingerprint density at radius 3 is 2.65 bits per heavy atom. The van der Waals surface area contributed by atoms with Crippen LogP contribution in [0.5, 0.6) is 0 Å². The third kappa shape index (κ3) is 5.68. The first-order chi connectivity index (χ1) is 19.5. The van der Waals surface area contributed by atoms with Gasteiger partial charge in [-0.15, -0.1) is 0 Å². The SMILES string of the molecule is CCN1/C(=C/C2=CC3=C/C(=C/C4Sc5ccc(SOC)cc5N4CC)CCC3CC2)Sc2ccc([S+](C)[O-])cc21. The monoisotopic (exact) mass is 608 g/mol. The highest BCUT2D eigenvalue weighted by atomic mass is 32.2. The summed E-state index contributed by atoms with van der Waals surface area (Å²) in [5, 5.41) is 1.60. The molecule has 2 heterocycles. The minimum atomic E-state index is -0.973. The second-order valence-corrected chi connectivity index (χ2v) is 15.0. The molecule has 2 aromatic carbocycles. The molecular weight excluding hydrogens is 573 g/mol. The molecule has 3 unspecified atom stereocenters. The molecule has 0 fully saturated rings. The fourth-order valence-electron chi connectivity index (χ4n) is 6.06. The molecule has 210 valence electrons. The summed E-state index contributed by atoms with van der Waals surface area (Å²) >= 11 is 4.24. The molecule has 0 aromatic heterocycles. The average Bonchev–Trinajstić information content (AvgIpc) is 3.48. The topological polar surface area (TPSA) is 38.8 Å². The Morgan fingerprint density at radius 2 is 1.88 bits per heavy atom. The Kier molecular flexibility index (Phi) is 8.73. The summed E-state index contributed by atoms with van der Waals surface area (Å²) < 4.78 is 17.4. The Hall–Kier alpha value is -1.68. The highest BCUT2D eigenvalue weighted by molar-refractivity contribution is 8.03. The van der Waals surface area contributed by atoms with Gasteiger partial charge in [0, 0.05) is 45.9 Å². The summed E-state index contributed by atoms with van der Waals surface area (Å²) in [6.07, 6.45) is 16.3. The molecule has 40 heavy (non-hydrogen) atoms. The molecule has 0 saturated carbocycles.